The fourth-order valence-corrected chi connectivity index (χ4v) is 3.44. The topological polar surface area (TPSA) is 124 Å². The number of carbonyl (C=O) groups excluding carboxylic acids is 4. The lowest BCUT2D eigenvalue weighted by Crippen LogP contribution is -2.38. The third-order valence-corrected chi connectivity index (χ3v) is 5.12. The number of carboxylic acid groups (broad SMARTS) is 1. The summed E-state index contributed by atoms with van der Waals surface area (Å²) in [6.45, 7) is 1.40. The number of imide groups is 1. The summed E-state index contributed by atoms with van der Waals surface area (Å²) < 4.78 is 1.66. The number of anilines is 1. The zero-order chi connectivity index (χ0) is 23.5. The molecule has 166 valence electrons. The van der Waals surface area contributed by atoms with Crippen molar-refractivity contribution in [1.82, 2.24) is 14.8 Å². The lowest BCUT2D eigenvalue weighted by Gasteiger charge is -2.13. The van der Waals surface area contributed by atoms with Gasteiger partial charge >= 0.3 is 6.03 Å². The van der Waals surface area contributed by atoms with Gasteiger partial charge in [-0.2, -0.15) is 0 Å². The van der Waals surface area contributed by atoms with Gasteiger partial charge in [0.2, 0.25) is 5.91 Å². The fraction of sp³-hybridized carbons (Fsp3) is 0.0833. The van der Waals surface area contributed by atoms with Crippen LogP contribution in [-0.4, -0.2) is 39.8 Å². The SMILES string of the molecule is Cc1ccccc1NC(=O)CN1C(=O)N/C(=C\c2cccn2-c2cccc(C(=O)[O-])c2)C1=O. The van der Waals surface area contributed by atoms with Crippen molar-refractivity contribution in [1.29, 1.82) is 0 Å². The van der Waals surface area contributed by atoms with Crippen molar-refractivity contribution < 1.29 is 24.3 Å². The minimum Gasteiger partial charge on any atom is -0.545 e. The molecule has 0 bridgehead atoms. The number of aryl methyl sites for hydroxylation is 1. The highest BCUT2D eigenvalue weighted by Crippen LogP contribution is 2.19. The second-order valence-electron chi connectivity index (χ2n) is 7.38. The highest BCUT2D eigenvalue weighted by atomic mass is 16.4. The van der Waals surface area contributed by atoms with Crippen molar-refractivity contribution in [3.8, 4) is 5.69 Å². The van der Waals surface area contributed by atoms with E-state index in [-0.39, 0.29) is 11.3 Å². The lowest BCUT2D eigenvalue weighted by molar-refractivity contribution is -0.255. The summed E-state index contributed by atoms with van der Waals surface area (Å²) in [4.78, 5) is 49.5. The van der Waals surface area contributed by atoms with Crippen molar-refractivity contribution in [2.45, 2.75) is 6.92 Å². The summed E-state index contributed by atoms with van der Waals surface area (Å²) in [6, 6.07) is 16.0. The van der Waals surface area contributed by atoms with Gasteiger partial charge in [-0.15, -0.1) is 0 Å². The van der Waals surface area contributed by atoms with E-state index in [4.69, 9.17) is 0 Å². The van der Waals surface area contributed by atoms with E-state index >= 15 is 0 Å². The number of aromatic carboxylic acids is 1. The number of amides is 4. The maximum Gasteiger partial charge on any atom is 0.329 e. The Morgan fingerprint density at radius 1 is 1.06 bits per heavy atom. The van der Waals surface area contributed by atoms with Gasteiger partial charge in [0, 0.05) is 23.3 Å². The molecule has 0 radical (unpaired) electrons. The van der Waals surface area contributed by atoms with E-state index in [0.29, 0.717) is 17.1 Å². The Hall–Kier alpha value is -4.66. The molecule has 9 heteroatoms. The predicted octanol–water partition coefficient (Wildman–Crippen LogP) is 1.68. The van der Waals surface area contributed by atoms with Crippen LogP contribution in [0.5, 0.6) is 0 Å². The number of hydrogen-bond acceptors (Lipinski definition) is 5. The highest BCUT2D eigenvalue weighted by Gasteiger charge is 2.35. The summed E-state index contributed by atoms with van der Waals surface area (Å²) in [5, 5.41) is 16.3. The molecule has 9 nitrogen and oxygen atoms in total. The largest absolute Gasteiger partial charge is 0.545 e. The molecular weight excluding hydrogens is 424 g/mol. The number of rotatable bonds is 6. The molecule has 1 aromatic heterocycles. The molecule has 1 aliphatic rings. The summed E-state index contributed by atoms with van der Waals surface area (Å²) in [5.74, 6) is -2.45. The molecule has 0 saturated carbocycles. The summed E-state index contributed by atoms with van der Waals surface area (Å²) in [7, 11) is 0. The number of nitrogens with zero attached hydrogens (tertiary/aromatic N) is 2. The third kappa shape index (κ3) is 4.52. The van der Waals surface area contributed by atoms with Crippen molar-refractivity contribution in [2.24, 2.45) is 0 Å². The van der Waals surface area contributed by atoms with Crippen LogP contribution in [0, 0.1) is 6.92 Å². The molecule has 3 aromatic rings. The first-order chi connectivity index (χ1) is 15.8. The standard InChI is InChI=1S/C24H20N4O5/c1-15-6-2-3-10-19(15)25-21(29)14-28-22(30)20(26-24(28)33)13-18-9-5-11-27(18)17-8-4-7-16(12-17)23(31)32/h2-13H,14H2,1H3,(H,25,29)(H,26,33)(H,31,32)/p-1/b20-13-. The number of benzene rings is 2. The number of para-hydroxylation sites is 1. The normalized spacial score (nSPS) is 14.5. The molecule has 1 fully saturated rings. The Labute approximate surface area is 188 Å². The fourth-order valence-electron chi connectivity index (χ4n) is 3.44. The molecule has 0 spiro atoms. The zero-order valence-corrected chi connectivity index (χ0v) is 17.6. The van der Waals surface area contributed by atoms with Crippen molar-refractivity contribution in [2.75, 3.05) is 11.9 Å². The Kier molecular flexibility index (Phi) is 5.77. The number of nitrogens with one attached hydrogen (secondary N) is 2. The number of carbonyl (C=O) groups is 4. The lowest BCUT2D eigenvalue weighted by atomic mass is 10.2. The summed E-state index contributed by atoms with van der Waals surface area (Å²) >= 11 is 0. The minimum absolute atomic E-state index is 0.000280. The number of aromatic nitrogens is 1. The Bertz CT molecular complexity index is 1310. The number of hydrogen-bond donors (Lipinski definition) is 2. The first-order valence-corrected chi connectivity index (χ1v) is 10.0. The molecule has 1 aliphatic heterocycles. The van der Waals surface area contributed by atoms with Crippen LogP contribution in [0.3, 0.4) is 0 Å². The maximum absolute atomic E-state index is 12.8. The van der Waals surface area contributed by atoms with E-state index in [1.54, 1.807) is 47.2 Å². The average molecular weight is 443 g/mol. The first kappa shape index (κ1) is 21.6. The van der Waals surface area contributed by atoms with Crippen LogP contribution < -0.4 is 15.7 Å². The maximum atomic E-state index is 12.8. The Morgan fingerprint density at radius 3 is 2.61 bits per heavy atom. The van der Waals surface area contributed by atoms with Gasteiger partial charge in [0.25, 0.3) is 5.91 Å². The molecule has 0 unspecified atom stereocenters. The molecule has 33 heavy (non-hydrogen) atoms. The Morgan fingerprint density at radius 2 is 1.85 bits per heavy atom. The van der Waals surface area contributed by atoms with Crippen LogP contribution in [0.4, 0.5) is 10.5 Å². The summed E-state index contributed by atoms with van der Waals surface area (Å²) in [5.41, 5.74) is 2.53. The van der Waals surface area contributed by atoms with Crippen LogP contribution >= 0.6 is 0 Å². The van der Waals surface area contributed by atoms with Crippen LogP contribution in [-0.2, 0) is 9.59 Å². The second kappa shape index (κ2) is 8.83. The molecule has 4 amide bonds. The number of carboxylic acids is 1. The van der Waals surface area contributed by atoms with Crippen molar-refractivity contribution >= 4 is 35.6 Å². The highest BCUT2D eigenvalue weighted by molar-refractivity contribution is 6.15. The first-order valence-electron chi connectivity index (χ1n) is 10.0. The van der Waals surface area contributed by atoms with Crippen molar-refractivity contribution in [3.63, 3.8) is 0 Å². The van der Waals surface area contributed by atoms with Crippen LogP contribution in [0.25, 0.3) is 11.8 Å². The van der Waals surface area contributed by atoms with E-state index in [0.717, 1.165) is 10.5 Å². The van der Waals surface area contributed by atoms with E-state index in [1.165, 1.54) is 18.2 Å². The smallest absolute Gasteiger partial charge is 0.329 e. The monoisotopic (exact) mass is 443 g/mol. The van der Waals surface area contributed by atoms with Gasteiger partial charge in [-0.25, -0.2) is 9.69 Å². The molecule has 1 saturated heterocycles. The van der Waals surface area contributed by atoms with Gasteiger partial charge < -0.3 is 25.1 Å². The second-order valence-corrected chi connectivity index (χ2v) is 7.38. The third-order valence-electron chi connectivity index (χ3n) is 5.12. The van der Waals surface area contributed by atoms with E-state index in [9.17, 15) is 24.3 Å². The van der Waals surface area contributed by atoms with Gasteiger partial charge in [-0.3, -0.25) is 9.59 Å². The van der Waals surface area contributed by atoms with E-state index < -0.39 is 30.4 Å². The molecule has 0 aliphatic carbocycles. The quantitative estimate of drug-likeness (QED) is 0.443. The van der Waals surface area contributed by atoms with Crippen molar-refractivity contribution in [3.05, 3.63) is 89.4 Å². The van der Waals surface area contributed by atoms with Gasteiger partial charge in [0.15, 0.2) is 0 Å². The van der Waals surface area contributed by atoms with Gasteiger partial charge in [0.05, 0.1) is 5.97 Å². The molecular formula is C24H19N4O5-. The van der Waals surface area contributed by atoms with E-state index in [2.05, 4.69) is 10.6 Å². The molecule has 2 aromatic carbocycles. The van der Waals surface area contributed by atoms with Gasteiger partial charge in [-0.1, -0.05) is 30.3 Å². The molecule has 0 atom stereocenters. The molecule has 2 N–H and O–H groups in total. The van der Waals surface area contributed by atoms with Crippen LogP contribution in [0.1, 0.15) is 21.6 Å². The average Bonchev–Trinajstić information content (AvgIpc) is 3.35. The summed E-state index contributed by atoms with van der Waals surface area (Å²) in [6.07, 6.45) is 3.15. The number of urea groups is 1. The van der Waals surface area contributed by atoms with Gasteiger partial charge in [-0.05, 0) is 54.5 Å². The van der Waals surface area contributed by atoms with E-state index in [1.807, 2.05) is 19.1 Å². The molecule has 4 rings (SSSR count). The van der Waals surface area contributed by atoms with Crippen LogP contribution in [0.2, 0.25) is 0 Å². The Balaban J connectivity index is 1.53. The molecule has 2 heterocycles. The van der Waals surface area contributed by atoms with Crippen LogP contribution in [0.15, 0.2) is 72.6 Å². The zero-order valence-electron chi connectivity index (χ0n) is 17.6. The van der Waals surface area contributed by atoms with Gasteiger partial charge in [0.1, 0.15) is 12.2 Å². The predicted molar refractivity (Wildman–Crippen MR) is 118 cm³/mol. The minimum atomic E-state index is -1.30.